The van der Waals surface area contributed by atoms with Crippen LogP contribution >= 0.6 is 11.3 Å². The van der Waals surface area contributed by atoms with Crippen LogP contribution in [0.15, 0.2) is 60.0 Å². The van der Waals surface area contributed by atoms with Crippen molar-refractivity contribution in [2.24, 2.45) is 0 Å². The number of nitrogens with zero attached hydrogens (tertiary/aromatic N) is 2. The van der Waals surface area contributed by atoms with Crippen LogP contribution in [0.4, 0.5) is 0 Å². The van der Waals surface area contributed by atoms with E-state index in [1.807, 2.05) is 79.4 Å². The van der Waals surface area contributed by atoms with Gasteiger partial charge in [-0.05, 0) is 62.9 Å². The molecule has 0 radical (unpaired) electrons. The Hall–Kier alpha value is -3.38. The second-order valence-corrected chi connectivity index (χ2v) is 8.87. The number of aromatic nitrogens is 2. The summed E-state index contributed by atoms with van der Waals surface area (Å²) in [4.78, 5) is 13.4. The molecule has 0 bridgehead atoms. The largest absolute Gasteiger partial charge is 0.489 e. The topological polar surface area (TPSA) is 56.1 Å². The molecule has 0 aliphatic heterocycles. The van der Waals surface area contributed by atoms with E-state index in [0.717, 1.165) is 39.5 Å². The maximum atomic E-state index is 12.7. The van der Waals surface area contributed by atoms with Crippen molar-refractivity contribution in [3.8, 4) is 11.4 Å². The molecule has 1 amide bonds. The molecule has 1 N–H and O–H groups in total. The number of thiophene rings is 1. The predicted molar refractivity (Wildman–Crippen MR) is 129 cm³/mol. The molecule has 164 valence electrons. The van der Waals surface area contributed by atoms with Crippen molar-refractivity contribution in [2.45, 2.75) is 40.8 Å². The lowest BCUT2D eigenvalue weighted by Gasteiger charge is -2.08. The first-order chi connectivity index (χ1) is 15.4. The minimum absolute atomic E-state index is 0.0842. The van der Waals surface area contributed by atoms with Crippen molar-refractivity contribution in [3.63, 3.8) is 0 Å². The highest BCUT2D eigenvalue weighted by Crippen LogP contribution is 2.22. The van der Waals surface area contributed by atoms with Gasteiger partial charge in [-0.15, -0.1) is 11.3 Å². The summed E-state index contributed by atoms with van der Waals surface area (Å²) in [6, 6.07) is 18.0. The van der Waals surface area contributed by atoms with Gasteiger partial charge in [-0.1, -0.05) is 35.9 Å². The van der Waals surface area contributed by atoms with E-state index in [2.05, 4.69) is 23.4 Å². The fraction of sp³-hybridized carbons (Fsp3) is 0.231. The van der Waals surface area contributed by atoms with E-state index in [4.69, 9.17) is 4.74 Å². The molecule has 0 saturated carbocycles. The van der Waals surface area contributed by atoms with E-state index in [-0.39, 0.29) is 5.91 Å². The number of carbonyl (C=O) groups excluding carboxylic acids is 1. The van der Waals surface area contributed by atoms with Crippen molar-refractivity contribution in [1.29, 1.82) is 0 Å². The van der Waals surface area contributed by atoms with Crippen LogP contribution in [0.3, 0.4) is 0 Å². The standard InChI is InChI=1S/C26H27N3O2S/c1-17-10-11-24(18(2)12-17)31-15-21-13-25(32-16-21)26(30)27-14-23-19(3)28-29(20(23)4)22-8-6-5-7-9-22/h5-13,16H,14-15H2,1-4H3,(H,27,30). The lowest BCUT2D eigenvalue weighted by Crippen LogP contribution is -2.22. The first-order valence-corrected chi connectivity index (χ1v) is 11.5. The molecule has 0 atom stereocenters. The number of para-hydroxylation sites is 1. The molecule has 4 aromatic rings. The van der Waals surface area contributed by atoms with E-state index in [1.54, 1.807) is 0 Å². The number of amides is 1. The smallest absolute Gasteiger partial charge is 0.261 e. The third-order valence-corrected chi connectivity index (χ3v) is 6.45. The number of hydrogen-bond donors (Lipinski definition) is 1. The molecule has 0 unspecified atom stereocenters. The molecule has 6 heteroatoms. The molecule has 0 fully saturated rings. The summed E-state index contributed by atoms with van der Waals surface area (Å²) >= 11 is 1.43. The van der Waals surface area contributed by atoms with E-state index in [1.165, 1.54) is 16.9 Å². The summed E-state index contributed by atoms with van der Waals surface area (Å²) in [6.45, 7) is 8.99. The summed E-state index contributed by atoms with van der Waals surface area (Å²) in [5.74, 6) is 0.785. The highest BCUT2D eigenvalue weighted by molar-refractivity contribution is 7.12. The summed E-state index contributed by atoms with van der Waals surface area (Å²) in [6.07, 6.45) is 0. The van der Waals surface area contributed by atoms with Crippen LogP contribution in [-0.4, -0.2) is 15.7 Å². The van der Waals surface area contributed by atoms with Gasteiger partial charge in [0, 0.05) is 23.4 Å². The van der Waals surface area contributed by atoms with Crippen LogP contribution in [0, 0.1) is 27.7 Å². The van der Waals surface area contributed by atoms with Crippen LogP contribution in [0.1, 0.15) is 43.3 Å². The van der Waals surface area contributed by atoms with Crippen molar-refractivity contribution in [2.75, 3.05) is 0 Å². The first kappa shape index (κ1) is 21.8. The SMILES string of the molecule is Cc1ccc(OCc2csc(C(=O)NCc3c(C)nn(-c4ccccc4)c3C)c2)c(C)c1. The van der Waals surface area contributed by atoms with E-state index >= 15 is 0 Å². The zero-order chi connectivity index (χ0) is 22.7. The van der Waals surface area contributed by atoms with Gasteiger partial charge in [0.1, 0.15) is 12.4 Å². The van der Waals surface area contributed by atoms with Gasteiger partial charge in [0.2, 0.25) is 0 Å². The average Bonchev–Trinajstić information content (AvgIpc) is 3.37. The van der Waals surface area contributed by atoms with Gasteiger partial charge >= 0.3 is 0 Å². The summed E-state index contributed by atoms with van der Waals surface area (Å²) in [7, 11) is 0. The Balaban J connectivity index is 1.38. The summed E-state index contributed by atoms with van der Waals surface area (Å²) in [5.41, 5.74) is 7.31. The Labute approximate surface area is 192 Å². The molecule has 0 saturated heterocycles. The zero-order valence-electron chi connectivity index (χ0n) is 18.8. The Morgan fingerprint density at radius 3 is 2.59 bits per heavy atom. The van der Waals surface area contributed by atoms with Crippen LogP contribution in [0.25, 0.3) is 5.69 Å². The van der Waals surface area contributed by atoms with E-state index < -0.39 is 0 Å². The highest BCUT2D eigenvalue weighted by Gasteiger charge is 2.15. The molecule has 0 aliphatic carbocycles. The van der Waals surface area contributed by atoms with Crippen LogP contribution in [0.5, 0.6) is 5.75 Å². The number of hydrogen-bond acceptors (Lipinski definition) is 4. The van der Waals surface area contributed by atoms with Gasteiger partial charge in [0.15, 0.2) is 0 Å². The van der Waals surface area contributed by atoms with E-state index in [9.17, 15) is 4.79 Å². The first-order valence-electron chi connectivity index (χ1n) is 10.6. The van der Waals surface area contributed by atoms with Crippen LogP contribution < -0.4 is 10.1 Å². The average molecular weight is 446 g/mol. The minimum atomic E-state index is -0.0842. The molecule has 2 aromatic heterocycles. The zero-order valence-corrected chi connectivity index (χ0v) is 19.6. The molecule has 5 nitrogen and oxygen atoms in total. The second-order valence-electron chi connectivity index (χ2n) is 7.96. The van der Waals surface area contributed by atoms with Crippen LogP contribution in [0.2, 0.25) is 0 Å². The second kappa shape index (κ2) is 9.40. The number of ether oxygens (including phenoxy) is 1. The Morgan fingerprint density at radius 1 is 1.06 bits per heavy atom. The van der Waals surface area contributed by atoms with Crippen molar-refractivity contribution >= 4 is 17.2 Å². The fourth-order valence-corrected chi connectivity index (χ4v) is 4.51. The molecule has 0 aliphatic rings. The van der Waals surface area contributed by atoms with Gasteiger partial charge in [-0.25, -0.2) is 4.68 Å². The lowest BCUT2D eigenvalue weighted by atomic mass is 10.1. The van der Waals surface area contributed by atoms with Gasteiger partial charge in [0.25, 0.3) is 5.91 Å². The third kappa shape index (κ3) is 4.75. The molecular weight excluding hydrogens is 418 g/mol. The van der Waals surface area contributed by atoms with Crippen molar-refractivity contribution in [3.05, 3.63) is 98.5 Å². The van der Waals surface area contributed by atoms with Gasteiger partial charge in [0.05, 0.1) is 16.3 Å². The monoisotopic (exact) mass is 445 g/mol. The summed E-state index contributed by atoms with van der Waals surface area (Å²) in [5, 5.41) is 9.67. The third-order valence-electron chi connectivity index (χ3n) is 5.47. The number of carbonyl (C=O) groups is 1. The van der Waals surface area contributed by atoms with Crippen molar-refractivity contribution < 1.29 is 9.53 Å². The normalized spacial score (nSPS) is 10.9. The molecular formula is C26H27N3O2S. The number of nitrogens with one attached hydrogen (secondary N) is 1. The van der Waals surface area contributed by atoms with Crippen molar-refractivity contribution in [1.82, 2.24) is 15.1 Å². The Bertz CT molecular complexity index is 1240. The molecule has 0 spiro atoms. The maximum Gasteiger partial charge on any atom is 0.261 e. The van der Waals surface area contributed by atoms with Crippen LogP contribution in [-0.2, 0) is 13.2 Å². The maximum absolute atomic E-state index is 12.7. The number of rotatable bonds is 7. The molecule has 2 aromatic carbocycles. The Kier molecular flexibility index (Phi) is 6.42. The minimum Gasteiger partial charge on any atom is -0.489 e. The van der Waals surface area contributed by atoms with Gasteiger partial charge in [-0.2, -0.15) is 5.10 Å². The highest BCUT2D eigenvalue weighted by atomic mass is 32.1. The Morgan fingerprint density at radius 2 is 1.84 bits per heavy atom. The van der Waals surface area contributed by atoms with Gasteiger partial charge in [-0.3, -0.25) is 4.79 Å². The predicted octanol–water partition coefficient (Wildman–Crippen LogP) is 5.68. The molecule has 4 rings (SSSR count). The number of benzene rings is 2. The van der Waals surface area contributed by atoms with E-state index in [0.29, 0.717) is 18.0 Å². The van der Waals surface area contributed by atoms with Gasteiger partial charge < -0.3 is 10.1 Å². The number of aryl methyl sites for hydroxylation is 3. The summed E-state index contributed by atoms with van der Waals surface area (Å²) < 4.78 is 7.86. The fourth-order valence-electron chi connectivity index (χ4n) is 3.70. The molecule has 2 heterocycles. The molecule has 32 heavy (non-hydrogen) atoms. The lowest BCUT2D eigenvalue weighted by molar-refractivity contribution is 0.0955. The quantitative estimate of drug-likeness (QED) is 0.398.